The first kappa shape index (κ1) is 18.1. The number of hydrogen-bond donors (Lipinski definition) is 1. The molecule has 0 aliphatic rings. The van der Waals surface area contributed by atoms with Gasteiger partial charge in [-0.25, -0.2) is 8.42 Å². The molecule has 1 unspecified atom stereocenters. The van der Waals surface area contributed by atoms with Gasteiger partial charge in [0.2, 0.25) is 0 Å². The number of methoxy groups -OCH3 is 1. The summed E-state index contributed by atoms with van der Waals surface area (Å²) in [6.45, 7) is 6.29. The molecule has 21 heavy (non-hydrogen) atoms. The summed E-state index contributed by atoms with van der Waals surface area (Å²) in [5.74, 6) is 0.100. The molecule has 1 aromatic carbocycles. The van der Waals surface area contributed by atoms with Gasteiger partial charge in [0.25, 0.3) is 0 Å². The Hall–Kier alpha value is -0.950. The van der Waals surface area contributed by atoms with Gasteiger partial charge in [0, 0.05) is 26.2 Å². The summed E-state index contributed by atoms with van der Waals surface area (Å²) in [5, 5.41) is 0. The maximum absolute atomic E-state index is 12.4. The summed E-state index contributed by atoms with van der Waals surface area (Å²) in [6, 6.07) is 7.05. The average molecular weight is 314 g/mol. The highest BCUT2D eigenvalue weighted by Crippen LogP contribution is 2.14. The highest BCUT2D eigenvalue weighted by molar-refractivity contribution is 7.91. The van der Waals surface area contributed by atoms with E-state index < -0.39 is 9.84 Å². The van der Waals surface area contributed by atoms with Crippen molar-refractivity contribution in [3.05, 3.63) is 29.8 Å². The fourth-order valence-electron chi connectivity index (χ4n) is 2.26. The monoisotopic (exact) mass is 314 g/mol. The van der Waals surface area contributed by atoms with Gasteiger partial charge in [-0.3, -0.25) is 4.90 Å². The second kappa shape index (κ2) is 8.48. The van der Waals surface area contributed by atoms with Crippen LogP contribution in [0.5, 0.6) is 0 Å². The van der Waals surface area contributed by atoms with Crippen LogP contribution >= 0.6 is 0 Å². The quantitative estimate of drug-likeness (QED) is 0.743. The summed E-state index contributed by atoms with van der Waals surface area (Å²) < 4.78 is 29.9. The molecule has 6 heteroatoms. The Labute approximate surface area is 128 Å². The molecule has 0 fully saturated rings. The summed E-state index contributed by atoms with van der Waals surface area (Å²) in [7, 11) is -1.63. The molecule has 5 nitrogen and oxygen atoms in total. The van der Waals surface area contributed by atoms with E-state index in [4.69, 9.17) is 10.5 Å². The lowest BCUT2D eigenvalue weighted by Crippen LogP contribution is -2.39. The molecule has 0 spiro atoms. The summed E-state index contributed by atoms with van der Waals surface area (Å²) in [4.78, 5) is 2.45. The number of benzene rings is 1. The molecular formula is C15H26N2O3S. The Kier molecular flexibility index (Phi) is 7.31. The molecule has 0 bridgehead atoms. The molecule has 0 radical (unpaired) electrons. The van der Waals surface area contributed by atoms with E-state index in [1.54, 1.807) is 25.3 Å². The standard InChI is InChI=1S/C15H26N2O3S/c1-4-17(13(2)12-20-3)8-9-21(18,19)15-7-5-6-14(10-15)11-16/h5-7,10,13H,4,8-9,11-12,16H2,1-3H3. The molecule has 1 rings (SSSR count). The van der Waals surface area contributed by atoms with Gasteiger partial charge in [-0.1, -0.05) is 19.1 Å². The largest absolute Gasteiger partial charge is 0.383 e. The number of nitrogens with zero attached hydrogens (tertiary/aromatic N) is 1. The molecule has 1 atom stereocenters. The van der Waals surface area contributed by atoms with Crippen LogP contribution in [0.3, 0.4) is 0 Å². The Morgan fingerprint density at radius 2 is 2.10 bits per heavy atom. The number of rotatable bonds is 9. The molecule has 2 N–H and O–H groups in total. The van der Waals surface area contributed by atoms with Crippen molar-refractivity contribution in [3.63, 3.8) is 0 Å². The predicted octanol–water partition coefficient (Wildman–Crippen LogP) is 1.28. The number of ether oxygens (including phenoxy) is 1. The third-order valence-electron chi connectivity index (χ3n) is 3.58. The number of sulfone groups is 1. The van der Waals surface area contributed by atoms with Crippen molar-refractivity contribution in [2.24, 2.45) is 5.73 Å². The molecule has 120 valence electrons. The van der Waals surface area contributed by atoms with Gasteiger partial charge in [0.15, 0.2) is 9.84 Å². The Morgan fingerprint density at radius 1 is 1.38 bits per heavy atom. The minimum Gasteiger partial charge on any atom is -0.383 e. The van der Waals surface area contributed by atoms with Crippen molar-refractivity contribution < 1.29 is 13.2 Å². The van der Waals surface area contributed by atoms with Gasteiger partial charge >= 0.3 is 0 Å². The first-order chi connectivity index (χ1) is 9.94. The van der Waals surface area contributed by atoms with Crippen molar-refractivity contribution in [2.45, 2.75) is 31.3 Å². The zero-order chi connectivity index (χ0) is 15.9. The van der Waals surface area contributed by atoms with Crippen molar-refractivity contribution in [2.75, 3.05) is 32.6 Å². The molecule has 0 aliphatic heterocycles. The lowest BCUT2D eigenvalue weighted by atomic mass is 10.2. The maximum atomic E-state index is 12.4. The SMILES string of the molecule is CCN(CCS(=O)(=O)c1cccc(CN)c1)C(C)COC. The number of likely N-dealkylation sites (N-methyl/N-ethyl adjacent to an activating group) is 1. The van der Waals surface area contributed by atoms with E-state index in [-0.39, 0.29) is 11.8 Å². The van der Waals surface area contributed by atoms with E-state index in [0.717, 1.165) is 12.1 Å². The van der Waals surface area contributed by atoms with Gasteiger partial charge < -0.3 is 10.5 Å². The lowest BCUT2D eigenvalue weighted by Gasteiger charge is -2.27. The van der Waals surface area contributed by atoms with Crippen molar-refractivity contribution in [1.82, 2.24) is 4.90 Å². The predicted molar refractivity (Wildman–Crippen MR) is 85.0 cm³/mol. The summed E-state index contributed by atoms with van der Waals surface area (Å²) >= 11 is 0. The zero-order valence-corrected chi connectivity index (χ0v) is 13.9. The lowest BCUT2D eigenvalue weighted by molar-refractivity contribution is 0.107. The van der Waals surface area contributed by atoms with Crippen LogP contribution in [-0.2, 0) is 21.1 Å². The molecule has 0 amide bonds. The second-order valence-electron chi connectivity index (χ2n) is 5.10. The average Bonchev–Trinajstić information content (AvgIpc) is 2.48. The van der Waals surface area contributed by atoms with E-state index in [9.17, 15) is 8.42 Å². The van der Waals surface area contributed by atoms with E-state index in [2.05, 4.69) is 4.90 Å². The van der Waals surface area contributed by atoms with E-state index >= 15 is 0 Å². The molecule has 0 aliphatic carbocycles. The fourth-order valence-corrected chi connectivity index (χ4v) is 3.59. The van der Waals surface area contributed by atoms with Crippen LogP contribution in [-0.4, -0.2) is 51.9 Å². The molecule has 1 aromatic rings. The minimum absolute atomic E-state index is 0.100. The third kappa shape index (κ3) is 5.39. The van der Waals surface area contributed by atoms with E-state index in [1.165, 1.54) is 0 Å². The van der Waals surface area contributed by atoms with E-state index in [0.29, 0.717) is 24.6 Å². The molecule has 0 heterocycles. The van der Waals surface area contributed by atoms with Crippen molar-refractivity contribution in [3.8, 4) is 0 Å². The van der Waals surface area contributed by atoms with Gasteiger partial charge in [-0.15, -0.1) is 0 Å². The van der Waals surface area contributed by atoms with Crippen LogP contribution in [0.2, 0.25) is 0 Å². The van der Waals surface area contributed by atoms with Crippen LogP contribution in [0.1, 0.15) is 19.4 Å². The fraction of sp³-hybridized carbons (Fsp3) is 0.600. The molecular weight excluding hydrogens is 288 g/mol. The Balaban J connectivity index is 2.75. The Bertz CT molecular complexity index is 531. The van der Waals surface area contributed by atoms with Crippen LogP contribution < -0.4 is 5.73 Å². The number of nitrogens with two attached hydrogens (primary N) is 1. The van der Waals surface area contributed by atoms with E-state index in [1.807, 2.05) is 19.9 Å². The smallest absolute Gasteiger partial charge is 0.179 e. The summed E-state index contributed by atoms with van der Waals surface area (Å²) in [5.41, 5.74) is 6.39. The highest BCUT2D eigenvalue weighted by atomic mass is 32.2. The van der Waals surface area contributed by atoms with Crippen molar-refractivity contribution in [1.29, 1.82) is 0 Å². The number of hydrogen-bond acceptors (Lipinski definition) is 5. The summed E-state index contributed by atoms with van der Waals surface area (Å²) in [6.07, 6.45) is 0. The van der Waals surface area contributed by atoms with Crippen LogP contribution in [0.4, 0.5) is 0 Å². The minimum atomic E-state index is -3.28. The first-order valence-corrected chi connectivity index (χ1v) is 8.84. The van der Waals surface area contributed by atoms with Gasteiger partial charge in [0.05, 0.1) is 17.3 Å². The highest BCUT2D eigenvalue weighted by Gasteiger charge is 2.19. The van der Waals surface area contributed by atoms with Crippen LogP contribution in [0.25, 0.3) is 0 Å². The molecule has 0 saturated heterocycles. The second-order valence-corrected chi connectivity index (χ2v) is 7.21. The van der Waals surface area contributed by atoms with Gasteiger partial charge in [-0.2, -0.15) is 0 Å². The van der Waals surface area contributed by atoms with Crippen LogP contribution in [0.15, 0.2) is 29.2 Å². The topological polar surface area (TPSA) is 72.6 Å². The third-order valence-corrected chi connectivity index (χ3v) is 5.27. The molecule has 0 aromatic heterocycles. The normalized spacial score (nSPS) is 13.6. The maximum Gasteiger partial charge on any atom is 0.179 e. The van der Waals surface area contributed by atoms with Crippen molar-refractivity contribution >= 4 is 9.84 Å². The Morgan fingerprint density at radius 3 is 2.67 bits per heavy atom. The van der Waals surface area contributed by atoms with Crippen LogP contribution in [0, 0.1) is 0 Å². The first-order valence-electron chi connectivity index (χ1n) is 7.19. The van der Waals surface area contributed by atoms with Gasteiger partial charge in [-0.05, 0) is 31.2 Å². The molecule has 0 saturated carbocycles. The van der Waals surface area contributed by atoms with Gasteiger partial charge in [0.1, 0.15) is 0 Å². The zero-order valence-electron chi connectivity index (χ0n) is 13.1.